The molecule has 0 aromatic carbocycles. The molecule has 31 heavy (non-hydrogen) atoms. The molecule has 4 aliphatic rings. The zero-order chi connectivity index (χ0) is 22.3. The summed E-state index contributed by atoms with van der Waals surface area (Å²) < 4.78 is 17.2. The molecule has 0 amide bonds. The maximum Gasteiger partial charge on any atom is 0.339 e. The summed E-state index contributed by atoms with van der Waals surface area (Å²) in [6.07, 6.45) is 3.41. The first-order valence-corrected chi connectivity index (χ1v) is 11.3. The highest BCUT2D eigenvalue weighted by molar-refractivity contribution is 5.86. The molecular formula is C25H32O6. The number of Topliss-reactive ketones (excluding diaryl/α,β-unsaturated/α-hetero) is 1. The van der Waals surface area contributed by atoms with Gasteiger partial charge in [-0.1, -0.05) is 33.3 Å². The fraction of sp³-hybridized carbons (Fsp3) is 0.680. The van der Waals surface area contributed by atoms with Crippen LogP contribution >= 0.6 is 0 Å². The molecule has 168 valence electrons. The molecule has 6 nitrogen and oxygen atoms in total. The SMILES string of the molecule is CC1=C2[C@@H](O)C(=O)O[C@@H](c3ccoc3)[C@]2(C)CC[C@@H]1[C@@]1(C)[C@H]2CC(=O)C(C)(C)[C@@H]1CO2. The van der Waals surface area contributed by atoms with Crippen molar-refractivity contribution in [2.24, 2.45) is 28.1 Å². The fourth-order valence-corrected chi connectivity index (χ4v) is 7.45. The van der Waals surface area contributed by atoms with Gasteiger partial charge in [-0.3, -0.25) is 4.79 Å². The van der Waals surface area contributed by atoms with E-state index in [9.17, 15) is 14.7 Å². The third-order valence-electron chi connectivity index (χ3n) is 9.29. The first kappa shape index (κ1) is 21.0. The van der Waals surface area contributed by atoms with Crippen LogP contribution in [-0.4, -0.2) is 35.7 Å². The van der Waals surface area contributed by atoms with Crippen molar-refractivity contribution in [2.75, 3.05) is 6.61 Å². The topological polar surface area (TPSA) is 86.0 Å². The summed E-state index contributed by atoms with van der Waals surface area (Å²) >= 11 is 0. The molecule has 1 aromatic heterocycles. The molecular weight excluding hydrogens is 396 g/mol. The zero-order valence-corrected chi connectivity index (χ0v) is 18.9. The normalized spacial score (nSPS) is 44.3. The molecule has 3 fully saturated rings. The molecule has 0 unspecified atom stereocenters. The minimum absolute atomic E-state index is 0.105. The number of aliphatic hydroxyl groups is 1. The molecule has 2 aliphatic heterocycles. The summed E-state index contributed by atoms with van der Waals surface area (Å²) in [7, 11) is 0. The van der Waals surface area contributed by atoms with E-state index in [4.69, 9.17) is 13.9 Å². The van der Waals surface area contributed by atoms with Crippen LogP contribution in [0.15, 0.2) is 34.2 Å². The number of aliphatic hydroxyl groups excluding tert-OH is 1. The summed E-state index contributed by atoms with van der Waals surface area (Å²) in [6, 6.07) is 1.82. The van der Waals surface area contributed by atoms with E-state index in [2.05, 4.69) is 20.8 Å². The molecule has 3 heterocycles. The van der Waals surface area contributed by atoms with Gasteiger partial charge in [-0.25, -0.2) is 4.79 Å². The molecule has 2 bridgehead atoms. The number of furan rings is 1. The van der Waals surface area contributed by atoms with Crippen molar-refractivity contribution >= 4 is 11.8 Å². The number of allylic oxidation sites excluding steroid dienone is 1. The van der Waals surface area contributed by atoms with Crippen molar-refractivity contribution in [1.82, 2.24) is 0 Å². The first-order valence-electron chi connectivity index (χ1n) is 11.3. The maximum absolute atomic E-state index is 12.8. The molecule has 2 aliphatic carbocycles. The number of ketones is 1. The quantitative estimate of drug-likeness (QED) is 0.566. The van der Waals surface area contributed by atoms with Gasteiger partial charge in [0.15, 0.2) is 6.10 Å². The standard InChI is InChI=1S/C25H32O6/c1-13-15(25(5)16-12-30-18(25)10-17(26)23(16,2)3)6-8-24(4)19(13)20(27)22(28)31-21(24)14-7-9-29-11-14/h7,9,11,15-16,18,20-21,27H,6,8,10,12H2,1-5H3/t15-,16-,18+,20+,21-,24+,25+/m0/s1. The number of ether oxygens (including phenoxy) is 2. The average Bonchev–Trinajstić information content (AvgIpc) is 3.31. The van der Waals surface area contributed by atoms with Gasteiger partial charge in [-0.15, -0.1) is 0 Å². The van der Waals surface area contributed by atoms with Crippen LogP contribution in [0, 0.1) is 28.1 Å². The Hall–Kier alpha value is -1.92. The largest absolute Gasteiger partial charge is 0.472 e. The lowest BCUT2D eigenvalue weighted by atomic mass is 9.48. The third-order valence-corrected chi connectivity index (χ3v) is 9.29. The number of carbonyl (C=O) groups excluding carboxylic acids is 2. The number of cyclic esters (lactones) is 1. The van der Waals surface area contributed by atoms with Crippen molar-refractivity contribution in [3.05, 3.63) is 35.3 Å². The predicted octanol–water partition coefficient (Wildman–Crippen LogP) is 3.99. The van der Waals surface area contributed by atoms with E-state index in [-0.39, 0.29) is 29.1 Å². The van der Waals surface area contributed by atoms with Gasteiger partial charge in [0.2, 0.25) is 0 Å². The van der Waals surface area contributed by atoms with E-state index in [1.54, 1.807) is 12.5 Å². The van der Waals surface area contributed by atoms with Gasteiger partial charge in [0, 0.05) is 34.1 Å². The van der Waals surface area contributed by atoms with Crippen LogP contribution in [0.5, 0.6) is 0 Å². The number of rotatable bonds is 2. The second-order valence-electron chi connectivity index (χ2n) is 11.0. The Balaban J connectivity index is 1.62. The van der Waals surface area contributed by atoms with E-state index in [1.807, 2.05) is 19.9 Å². The summed E-state index contributed by atoms with van der Waals surface area (Å²) in [5, 5.41) is 11.0. The number of hydrogen-bond acceptors (Lipinski definition) is 6. The van der Waals surface area contributed by atoms with Gasteiger partial charge in [0.05, 0.1) is 25.2 Å². The molecule has 2 saturated heterocycles. The van der Waals surface area contributed by atoms with Crippen LogP contribution in [0.25, 0.3) is 0 Å². The van der Waals surface area contributed by atoms with Crippen LogP contribution < -0.4 is 0 Å². The molecule has 7 atom stereocenters. The number of carbonyl (C=O) groups is 2. The van der Waals surface area contributed by atoms with E-state index >= 15 is 0 Å². The van der Waals surface area contributed by atoms with Crippen LogP contribution in [0.3, 0.4) is 0 Å². The zero-order valence-electron chi connectivity index (χ0n) is 18.9. The summed E-state index contributed by atoms with van der Waals surface area (Å²) in [5.41, 5.74) is 1.47. The lowest BCUT2D eigenvalue weighted by Gasteiger charge is -2.56. The monoisotopic (exact) mass is 428 g/mol. The Bertz CT molecular complexity index is 959. The van der Waals surface area contributed by atoms with Crippen molar-refractivity contribution in [1.29, 1.82) is 0 Å². The smallest absolute Gasteiger partial charge is 0.339 e. The molecule has 6 heteroatoms. The summed E-state index contributed by atoms with van der Waals surface area (Å²) in [5.74, 6) is -0.105. The van der Waals surface area contributed by atoms with Gasteiger partial charge < -0.3 is 19.0 Å². The molecule has 1 saturated carbocycles. The predicted molar refractivity (Wildman–Crippen MR) is 112 cm³/mol. The molecule has 5 rings (SSSR count). The van der Waals surface area contributed by atoms with Crippen molar-refractivity contribution in [3.8, 4) is 0 Å². The fourth-order valence-electron chi connectivity index (χ4n) is 7.45. The van der Waals surface area contributed by atoms with E-state index in [1.165, 1.54) is 0 Å². The number of fused-ring (bicyclic) bond motifs is 3. The third kappa shape index (κ3) is 2.58. The van der Waals surface area contributed by atoms with Crippen molar-refractivity contribution in [2.45, 2.75) is 72.2 Å². The van der Waals surface area contributed by atoms with E-state index in [0.29, 0.717) is 13.0 Å². The molecule has 0 radical (unpaired) electrons. The number of esters is 1. The van der Waals surface area contributed by atoms with Gasteiger partial charge in [0.25, 0.3) is 0 Å². The van der Waals surface area contributed by atoms with Gasteiger partial charge in [-0.05, 0) is 37.3 Å². The average molecular weight is 429 g/mol. The van der Waals surface area contributed by atoms with Crippen LogP contribution in [0.1, 0.15) is 65.5 Å². The minimum Gasteiger partial charge on any atom is -0.472 e. The summed E-state index contributed by atoms with van der Waals surface area (Å²) in [4.78, 5) is 25.5. The Kier molecular flexibility index (Phi) is 4.43. The maximum atomic E-state index is 12.8. The van der Waals surface area contributed by atoms with Crippen molar-refractivity contribution in [3.63, 3.8) is 0 Å². The lowest BCUT2D eigenvalue weighted by Crippen LogP contribution is -2.56. The van der Waals surface area contributed by atoms with Gasteiger partial charge in [0.1, 0.15) is 11.9 Å². The highest BCUT2D eigenvalue weighted by Gasteiger charge is 2.65. The van der Waals surface area contributed by atoms with E-state index < -0.39 is 29.0 Å². The van der Waals surface area contributed by atoms with Crippen LogP contribution in [0.2, 0.25) is 0 Å². The Morgan fingerprint density at radius 3 is 2.58 bits per heavy atom. The van der Waals surface area contributed by atoms with Crippen LogP contribution in [0.4, 0.5) is 0 Å². The van der Waals surface area contributed by atoms with Gasteiger partial charge >= 0.3 is 5.97 Å². The minimum atomic E-state index is -1.27. The van der Waals surface area contributed by atoms with Gasteiger partial charge in [-0.2, -0.15) is 0 Å². The van der Waals surface area contributed by atoms with E-state index in [0.717, 1.165) is 29.6 Å². The molecule has 1 N–H and O–H groups in total. The Labute approximate surface area is 183 Å². The Morgan fingerprint density at radius 2 is 1.90 bits per heavy atom. The van der Waals surface area contributed by atoms with Crippen molar-refractivity contribution < 1.29 is 28.6 Å². The molecule has 1 aromatic rings. The Morgan fingerprint density at radius 1 is 1.16 bits per heavy atom. The highest BCUT2D eigenvalue weighted by atomic mass is 16.6. The molecule has 0 spiro atoms. The first-order chi connectivity index (χ1) is 14.5. The lowest BCUT2D eigenvalue weighted by molar-refractivity contribution is -0.175. The second kappa shape index (κ2) is 6.55. The highest BCUT2D eigenvalue weighted by Crippen LogP contribution is 2.65. The second-order valence-corrected chi connectivity index (χ2v) is 11.0. The number of hydrogen-bond donors (Lipinski definition) is 1. The summed E-state index contributed by atoms with van der Waals surface area (Å²) in [6.45, 7) is 11.1. The van der Waals surface area contributed by atoms with Crippen LogP contribution in [-0.2, 0) is 19.1 Å².